The van der Waals surface area contributed by atoms with Crippen LogP contribution in [0.2, 0.25) is 0 Å². The molecule has 1 aromatic carbocycles. The maximum absolute atomic E-state index is 5.88. The Balaban J connectivity index is 2.11. The fraction of sp³-hybridized carbons (Fsp3) is 0.600. The second-order valence-electron chi connectivity index (χ2n) is 4.48. The molecule has 0 saturated carbocycles. The molecule has 0 spiro atoms. The minimum Gasteiger partial charge on any atom is -0.495 e. The number of ether oxygens (including phenoxy) is 2. The van der Waals surface area contributed by atoms with Gasteiger partial charge in [0, 0.05) is 13.2 Å². The van der Waals surface area contributed by atoms with Crippen molar-refractivity contribution in [2.75, 3.05) is 39.1 Å². The fourth-order valence-electron chi connectivity index (χ4n) is 1.93. The lowest BCUT2D eigenvalue weighted by atomic mass is 10.1. The number of nitrogens with two attached hydrogens (primary N) is 1. The molecule has 0 aliphatic heterocycles. The fourth-order valence-corrected chi connectivity index (χ4v) is 1.93. The summed E-state index contributed by atoms with van der Waals surface area (Å²) in [5.74, 6) is 0.748. The highest BCUT2D eigenvalue weighted by Crippen LogP contribution is 2.22. The summed E-state index contributed by atoms with van der Waals surface area (Å²) in [6.07, 6.45) is 3.22. The molecule has 0 radical (unpaired) electrons. The molecule has 1 aromatic rings. The van der Waals surface area contributed by atoms with Crippen LogP contribution in [-0.4, -0.2) is 33.4 Å². The summed E-state index contributed by atoms with van der Waals surface area (Å²) in [4.78, 5) is 0. The van der Waals surface area contributed by atoms with Gasteiger partial charge < -0.3 is 20.5 Å². The van der Waals surface area contributed by atoms with E-state index in [1.807, 2.05) is 19.1 Å². The van der Waals surface area contributed by atoms with Crippen LogP contribution < -0.4 is 15.8 Å². The van der Waals surface area contributed by atoms with E-state index >= 15 is 0 Å². The van der Waals surface area contributed by atoms with Gasteiger partial charge in [-0.2, -0.15) is 0 Å². The number of nitrogens with one attached hydrogen (secondary N) is 1. The number of rotatable bonds is 10. The quantitative estimate of drug-likeness (QED) is 0.503. The average Bonchev–Trinajstić information content (AvgIpc) is 2.42. The Labute approximate surface area is 116 Å². The molecule has 0 aliphatic carbocycles. The molecule has 4 nitrogen and oxygen atoms in total. The van der Waals surface area contributed by atoms with E-state index in [0.717, 1.165) is 51.3 Å². The first kappa shape index (κ1) is 15.8. The van der Waals surface area contributed by atoms with E-state index in [1.165, 1.54) is 5.56 Å². The monoisotopic (exact) mass is 266 g/mol. The number of aryl methyl sites for hydroxylation is 1. The van der Waals surface area contributed by atoms with Crippen LogP contribution in [0.3, 0.4) is 0 Å². The molecule has 0 aliphatic rings. The maximum atomic E-state index is 5.88. The van der Waals surface area contributed by atoms with Gasteiger partial charge in [0.1, 0.15) is 5.75 Å². The third kappa shape index (κ3) is 6.45. The van der Waals surface area contributed by atoms with Crippen LogP contribution in [0.15, 0.2) is 18.2 Å². The summed E-state index contributed by atoms with van der Waals surface area (Å²) >= 11 is 0. The van der Waals surface area contributed by atoms with Gasteiger partial charge in [-0.25, -0.2) is 0 Å². The molecule has 1 rings (SSSR count). The predicted octanol–water partition coefficient (Wildman–Crippen LogP) is 2.23. The third-order valence-corrected chi connectivity index (χ3v) is 2.96. The zero-order chi connectivity index (χ0) is 13.9. The molecular weight excluding hydrogens is 240 g/mol. The van der Waals surface area contributed by atoms with Gasteiger partial charge >= 0.3 is 0 Å². The molecule has 0 aromatic heterocycles. The van der Waals surface area contributed by atoms with Crippen LogP contribution in [0.25, 0.3) is 0 Å². The summed E-state index contributed by atoms with van der Waals surface area (Å²) in [5.41, 5.74) is 7.85. The number of hydrogen-bond acceptors (Lipinski definition) is 4. The first-order valence-electron chi connectivity index (χ1n) is 6.98. The van der Waals surface area contributed by atoms with E-state index in [0.29, 0.717) is 5.69 Å². The van der Waals surface area contributed by atoms with Gasteiger partial charge in [-0.05, 0) is 57.0 Å². The Morgan fingerprint density at radius 3 is 2.68 bits per heavy atom. The van der Waals surface area contributed by atoms with Crippen molar-refractivity contribution in [2.45, 2.75) is 26.2 Å². The normalized spacial score (nSPS) is 10.6. The zero-order valence-electron chi connectivity index (χ0n) is 12.1. The van der Waals surface area contributed by atoms with Crippen molar-refractivity contribution < 1.29 is 9.47 Å². The van der Waals surface area contributed by atoms with Crippen molar-refractivity contribution in [3.8, 4) is 5.75 Å². The zero-order valence-corrected chi connectivity index (χ0v) is 12.1. The highest BCUT2D eigenvalue weighted by molar-refractivity contribution is 5.54. The summed E-state index contributed by atoms with van der Waals surface area (Å²) in [7, 11) is 1.64. The van der Waals surface area contributed by atoms with E-state index in [2.05, 4.69) is 11.4 Å². The van der Waals surface area contributed by atoms with Crippen LogP contribution in [0.1, 0.15) is 25.3 Å². The van der Waals surface area contributed by atoms with Crippen molar-refractivity contribution >= 4 is 5.69 Å². The molecule has 108 valence electrons. The lowest BCUT2D eigenvalue weighted by molar-refractivity contribution is 0.145. The van der Waals surface area contributed by atoms with Gasteiger partial charge in [-0.3, -0.25) is 0 Å². The number of methoxy groups -OCH3 is 1. The van der Waals surface area contributed by atoms with E-state index < -0.39 is 0 Å². The maximum Gasteiger partial charge on any atom is 0.141 e. The number of hydrogen-bond donors (Lipinski definition) is 2. The van der Waals surface area contributed by atoms with Crippen LogP contribution >= 0.6 is 0 Å². The van der Waals surface area contributed by atoms with Gasteiger partial charge in [-0.15, -0.1) is 0 Å². The minimum atomic E-state index is 0.713. The van der Waals surface area contributed by atoms with Crippen molar-refractivity contribution in [1.29, 1.82) is 0 Å². The van der Waals surface area contributed by atoms with E-state index in [-0.39, 0.29) is 0 Å². The van der Waals surface area contributed by atoms with Crippen LogP contribution in [0.5, 0.6) is 5.75 Å². The number of anilines is 1. The largest absolute Gasteiger partial charge is 0.495 e. The molecular formula is C15H26N2O2. The number of benzene rings is 1. The Morgan fingerprint density at radius 2 is 2.00 bits per heavy atom. The molecule has 0 bridgehead atoms. The minimum absolute atomic E-state index is 0.713. The SMILES string of the molecule is CCOCCCNCCCc1ccc(OC)c(N)c1. The molecule has 0 saturated heterocycles. The van der Waals surface area contributed by atoms with E-state index in [1.54, 1.807) is 7.11 Å². The third-order valence-electron chi connectivity index (χ3n) is 2.96. The van der Waals surface area contributed by atoms with Gasteiger partial charge in [0.05, 0.1) is 12.8 Å². The van der Waals surface area contributed by atoms with Crippen molar-refractivity contribution in [1.82, 2.24) is 5.32 Å². The average molecular weight is 266 g/mol. The van der Waals surface area contributed by atoms with E-state index in [4.69, 9.17) is 15.2 Å². The second kappa shape index (κ2) is 9.64. The molecule has 3 N–H and O–H groups in total. The summed E-state index contributed by atoms with van der Waals surface area (Å²) in [6.45, 7) is 5.72. The number of nitrogen functional groups attached to an aromatic ring is 1. The van der Waals surface area contributed by atoms with Gasteiger partial charge in [0.15, 0.2) is 0 Å². The predicted molar refractivity (Wildman–Crippen MR) is 79.7 cm³/mol. The first-order chi connectivity index (χ1) is 9.27. The van der Waals surface area contributed by atoms with Crippen LogP contribution in [0, 0.1) is 0 Å². The molecule has 0 fully saturated rings. The highest BCUT2D eigenvalue weighted by atomic mass is 16.5. The molecule has 4 heteroatoms. The Bertz CT molecular complexity index is 356. The smallest absolute Gasteiger partial charge is 0.141 e. The second-order valence-corrected chi connectivity index (χ2v) is 4.48. The first-order valence-corrected chi connectivity index (χ1v) is 6.98. The standard InChI is InChI=1S/C15H26N2O2/c1-3-19-11-5-10-17-9-4-6-13-7-8-15(18-2)14(16)12-13/h7-8,12,17H,3-6,9-11,16H2,1-2H3. The summed E-state index contributed by atoms with van der Waals surface area (Å²) in [6, 6.07) is 6.00. The van der Waals surface area contributed by atoms with Crippen molar-refractivity contribution in [3.63, 3.8) is 0 Å². The topological polar surface area (TPSA) is 56.5 Å². The molecule has 0 unspecified atom stereocenters. The van der Waals surface area contributed by atoms with Crippen LogP contribution in [-0.2, 0) is 11.2 Å². The Kier molecular flexibility index (Phi) is 8.02. The van der Waals surface area contributed by atoms with Crippen molar-refractivity contribution in [2.24, 2.45) is 0 Å². The molecule has 0 heterocycles. The molecule has 0 amide bonds. The van der Waals surface area contributed by atoms with Crippen molar-refractivity contribution in [3.05, 3.63) is 23.8 Å². The summed E-state index contributed by atoms with van der Waals surface area (Å²) < 4.78 is 10.4. The molecule has 19 heavy (non-hydrogen) atoms. The van der Waals surface area contributed by atoms with E-state index in [9.17, 15) is 0 Å². The molecule has 0 atom stereocenters. The Morgan fingerprint density at radius 1 is 1.21 bits per heavy atom. The Hall–Kier alpha value is -1.26. The van der Waals surface area contributed by atoms with Gasteiger partial charge in [-0.1, -0.05) is 6.07 Å². The highest BCUT2D eigenvalue weighted by Gasteiger charge is 2.00. The van der Waals surface area contributed by atoms with Gasteiger partial charge in [0.2, 0.25) is 0 Å². The van der Waals surface area contributed by atoms with Crippen LogP contribution in [0.4, 0.5) is 5.69 Å². The lowest BCUT2D eigenvalue weighted by Crippen LogP contribution is -2.18. The lowest BCUT2D eigenvalue weighted by Gasteiger charge is -2.08. The van der Waals surface area contributed by atoms with Gasteiger partial charge in [0.25, 0.3) is 0 Å². The summed E-state index contributed by atoms with van der Waals surface area (Å²) in [5, 5.41) is 3.42.